The number of nitriles is 1. The second-order valence-corrected chi connectivity index (χ2v) is 9.24. The fourth-order valence-corrected chi connectivity index (χ4v) is 4.71. The Bertz CT molecular complexity index is 1860. The smallest absolute Gasteiger partial charge is 0.322 e. The van der Waals surface area contributed by atoms with E-state index in [1.165, 1.54) is 12.3 Å². The predicted molar refractivity (Wildman–Crippen MR) is 151 cm³/mol. The first-order chi connectivity index (χ1) is 19.2. The zero-order valence-electron chi connectivity index (χ0n) is 21.4. The first kappa shape index (κ1) is 26.3. The van der Waals surface area contributed by atoms with Gasteiger partial charge in [-0.3, -0.25) is 4.79 Å². The number of hydrogen-bond donors (Lipinski definition) is 2. The number of aromatic nitrogens is 4. The van der Waals surface area contributed by atoms with Gasteiger partial charge in [-0.2, -0.15) is 5.26 Å². The molecule has 0 bridgehead atoms. The standard InChI is InChI=1S/C29H21ClFN7O2/c1-15-10-11-34-29(36-15)40-20-7-4-17(5-8-20)23-24-25(18(13-32)14-35-27(24)33)38(3)26(23)21-9-6-19(12-22(21)30)37-28(39)16(2)31/h4-12,14H,2H2,1,3H3,(H2,33,35)(H,37,39). The van der Waals surface area contributed by atoms with Crippen LogP contribution in [0.4, 0.5) is 15.9 Å². The highest BCUT2D eigenvalue weighted by molar-refractivity contribution is 6.34. The molecule has 0 radical (unpaired) electrons. The average Bonchev–Trinajstić information content (AvgIpc) is 3.23. The van der Waals surface area contributed by atoms with Crippen LogP contribution >= 0.6 is 11.6 Å². The van der Waals surface area contributed by atoms with E-state index < -0.39 is 11.7 Å². The van der Waals surface area contributed by atoms with Gasteiger partial charge >= 0.3 is 6.01 Å². The van der Waals surface area contributed by atoms with Crippen LogP contribution in [-0.2, 0) is 11.8 Å². The molecule has 0 saturated heterocycles. The number of nitrogens with two attached hydrogens (primary N) is 1. The number of aryl methyl sites for hydroxylation is 2. The monoisotopic (exact) mass is 553 g/mol. The number of carbonyl (C=O) groups excluding carboxylic acids is 1. The van der Waals surface area contributed by atoms with Crippen molar-refractivity contribution in [3.05, 3.63) is 89.6 Å². The summed E-state index contributed by atoms with van der Waals surface area (Å²) >= 11 is 6.70. The van der Waals surface area contributed by atoms with Crippen molar-refractivity contribution >= 4 is 39.9 Å². The van der Waals surface area contributed by atoms with Crippen molar-refractivity contribution in [1.82, 2.24) is 19.5 Å². The van der Waals surface area contributed by atoms with Gasteiger partial charge < -0.3 is 20.4 Å². The van der Waals surface area contributed by atoms with Crippen LogP contribution in [0.1, 0.15) is 11.3 Å². The van der Waals surface area contributed by atoms with Crippen molar-refractivity contribution < 1.29 is 13.9 Å². The molecule has 0 aliphatic carbocycles. The number of hydrogen-bond acceptors (Lipinski definition) is 7. The number of rotatable bonds is 6. The number of fused-ring (bicyclic) bond motifs is 1. The summed E-state index contributed by atoms with van der Waals surface area (Å²) in [6.45, 7) is 4.85. The van der Waals surface area contributed by atoms with Crippen LogP contribution in [0.15, 0.2) is 73.3 Å². The van der Waals surface area contributed by atoms with E-state index in [-0.39, 0.29) is 22.5 Å². The van der Waals surface area contributed by atoms with Gasteiger partial charge in [0.1, 0.15) is 17.6 Å². The number of benzene rings is 2. The molecule has 3 N–H and O–H groups in total. The second-order valence-electron chi connectivity index (χ2n) is 8.84. The molecule has 0 aliphatic rings. The highest BCUT2D eigenvalue weighted by atomic mass is 35.5. The van der Waals surface area contributed by atoms with Gasteiger partial charge in [0.05, 0.1) is 27.2 Å². The molecule has 0 atom stereocenters. The topological polar surface area (TPSA) is 132 Å². The summed E-state index contributed by atoms with van der Waals surface area (Å²) in [6, 6.07) is 16.2. The number of halogens is 2. The molecule has 5 rings (SSSR count). The van der Waals surface area contributed by atoms with Crippen LogP contribution in [0.5, 0.6) is 11.8 Å². The molecule has 40 heavy (non-hydrogen) atoms. The number of nitrogens with zero attached hydrogens (tertiary/aromatic N) is 5. The number of nitrogen functional groups attached to an aromatic ring is 1. The van der Waals surface area contributed by atoms with Crippen LogP contribution in [-0.4, -0.2) is 25.4 Å². The third kappa shape index (κ3) is 4.81. The number of anilines is 2. The summed E-state index contributed by atoms with van der Waals surface area (Å²) in [5.74, 6) is -1.33. The predicted octanol–water partition coefficient (Wildman–Crippen LogP) is 6.33. The molecular formula is C29H21ClFN7O2. The quantitative estimate of drug-likeness (QED) is 0.235. The summed E-state index contributed by atoms with van der Waals surface area (Å²) < 4.78 is 20.8. The maximum Gasteiger partial charge on any atom is 0.322 e. The minimum Gasteiger partial charge on any atom is -0.424 e. The highest BCUT2D eigenvalue weighted by Gasteiger charge is 2.25. The Labute approximate surface area is 233 Å². The van der Waals surface area contributed by atoms with Crippen LogP contribution in [0.25, 0.3) is 33.3 Å². The van der Waals surface area contributed by atoms with E-state index in [2.05, 4.69) is 32.9 Å². The summed E-state index contributed by atoms with van der Waals surface area (Å²) in [6.07, 6.45) is 3.04. The van der Waals surface area contributed by atoms with Crippen molar-refractivity contribution in [2.75, 3.05) is 11.1 Å². The lowest BCUT2D eigenvalue weighted by Gasteiger charge is -2.13. The molecule has 2 aromatic carbocycles. The maximum absolute atomic E-state index is 13.2. The molecular weight excluding hydrogens is 533 g/mol. The Hall–Kier alpha value is -5.27. The molecule has 9 nitrogen and oxygen atoms in total. The second kappa shape index (κ2) is 10.5. The van der Waals surface area contributed by atoms with Gasteiger partial charge in [-0.25, -0.2) is 19.3 Å². The van der Waals surface area contributed by atoms with Gasteiger partial charge in [0.25, 0.3) is 5.91 Å². The van der Waals surface area contributed by atoms with Gasteiger partial charge in [0.15, 0.2) is 5.83 Å². The number of nitrogens with one attached hydrogen (secondary N) is 1. The number of pyridine rings is 1. The SMILES string of the molecule is C=C(F)C(=O)Nc1ccc(-c2c(-c3ccc(Oc4nccc(C)n4)cc3)c3c(N)ncc(C#N)c3n2C)c(Cl)c1. The lowest BCUT2D eigenvalue weighted by molar-refractivity contribution is -0.114. The normalized spacial score (nSPS) is 10.8. The number of carbonyl (C=O) groups is 1. The highest BCUT2D eigenvalue weighted by Crippen LogP contribution is 2.45. The van der Waals surface area contributed by atoms with E-state index in [0.29, 0.717) is 39.0 Å². The Morgan fingerprint density at radius 3 is 2.60 bits per heavy atom. The number of ether oxygens (including phenoxy) is 1. The van der Waals surface area contributed by atoms with Crippen molar-refractivity contribution in [3.63, 3.8) is 0 Å². The molecule has 0 aliphatic heterocycles. The molecule has 0 saturated carbocycles. The van der Waals surface area contributed by atoms with Gasteiger partial charge in [-0.1, -0.05) is 30.3 Å². The third-order valence-electron chi connectivity index (χ3n) is 6.21. The van der Waals surface area contributed by atoms with E-state index in [4.69, 9.17) is 22.1 Å². The first-order valence-electron chi connectivity index (χ1n) is 11.9. The van der Waals surface area contributed by atoms with E-state index in [9.17, 15) is 14.4 Å². The lowest BCUT2D eigenvalue weighted by atomic mass is 9.97. The average molecular weight is 554 g/mol. The summed E-state index contributed by atoms with van der Waals surface area (Å²) in [5, 5.41) is 13.1. The Morgan fingerprint density at radius 2 is 1.95 bits per heavy atom. The molecule has 0 spiro atoms. The Balaban J connectivity index is 1.67. The molecule has 1 amide bonds. The minimum atomic E-state index is -1.12. The molecule has 0 unspecified atom stereocenters. The van der Waals surface area contributed by atoms with Crippen molar-refractivity contribution in [3.8, 4) is 40.2 Å². The van der Waals surface area contributed by atoms with Crippen molar-refractivity contribution in [1.29, 1.82) is 5.26 Å². The van der Waals surface area contributed by atoms with Crippen LogP contribution in [0.2, 0.25) is 5.02 Å². The fourth-order valence-electron chi connectivity index (χ4n) is 4.44. The van der Waals surface area contributed by atoms with E-state index in [1.54, 1.807) is 43.6 Å². The molecule has 11 heteroatoms. The molecule has 0 fully saturated rings. The van der Waals surface area contributed by atoms with Crippen LogP contribution < -0.4 is 15.8 Å². The van der Waals surface area contributed by atoms with Crippen molar-refractivity contribution in [2.45, 2.75) is 6.92 Å². The van der Waals surface area contributed by atoms with Gasteiger partial charge in [-0.05, 0) is 48.9 Å². The molecule has 3 aromatic heterocycles. The Kier molecular flexibility index (Phi) is 6.90. The Morgan fingerprint density at radius 1 is 1.20 bits per heavy atom. The van der Waals surface area contributed by atoms with E-state index in [1.807, 2.05) is 23.6 Å². The van der Waals surface area contributed by atoms with Crippen molar-refractivity contribution in [2.24, 2.45) is 7.05 Å². The van der Waals surface area contributed by atoms with Gasteiger partial charge in [0, 0.05) is 41.9 Å². The van der Waals surface area contributed by atoms with E-state index >= 15 is 0 Å². The summed E-state index contributed by atoms with van der Waals surface area (Å²) in [7, 11) is 1.80. The van der Waals surface area contributed by atoms with Crippen LogP contribution in [0, 0.1) is 18.3 Å². The third-order valence-corrected chi connectivity index (χ3v) is 6.52. The van der Waals surface area contributed by atoms with Crippen LogP contribution in [0.3, 0.4) is 0 Å². The molecule has 3 heterocycles. The molecule has 198 valence electrons. The lowest BCUT2D eigenvalue weighted by Crippen LogP contribution is -2.11. The maximum atomic E-state index is 13.2. The zero-order chi connectivity index (χ0) is 28.6. The number of amides is 1. The minimum absolute atomic E-state index is 0.223. The summed E-state index contributed by atoms with van der Waals surface area (Å²) in [4.78, 5) is 24.4. The van der Waals surface area contributed by atoms with E-state index in [0.717, 1.165) is 11.3 Å². The fraction of sp³-hybridized carbons (Fsp3) is 0.0690. The zero-order valence-corrected chi connectivity index (χ0v) is 22.1. The summed E-state index contributed by atoms with van der Waals surface area (Å²) in [5.41, 5.74) is 11.0. The van der Waals surface area contributed by atoms with Gasteiger partial charge in [0.2, 0.25) is 0 Å². The first-order valence-corrected chi connectivity index (χ1v) is 12.3. The largest absolute Gasteiger partial charge is 0.424 e. The van der Waals surface area contributed by atoms with Gasteiger partial charge in [-0.15, -0.1) is 0 Å². The molecule has 5 aromatic rings.